The summed E-state index contributed by atoms with van der Waals surface area (Å²) in [5.74, 6) is -0.493. The summed E-state index contributed by atoms with van der Waals surface area (Å²) in [5.41, 5.74) is 1.47. The van der Waals surface area contributed by atoms with Gasteiger partial charge in [0.2, 0.25) is 10.0 Å². The fourth-order valence-corrected chi connectivity index (χ4v) is 5.94. The van der Waals surface area contributed by atoms with Crippen LogP contribution in [0.2, 0.25) is 0 Å². The third-order valence-electron chi connectivity index (χ3n) is 5.70. The van der Waals surface area contributed by atoms with E-state index in [1.54, 1.807) is 36.6 Å². The fraction of sp³-hybridized carbons (Fsp3) is 0.208. The highest BCUT2D eigenvalue weighted by molar-refractivity contribution is 7.89. The Bertz CT molecular complexity index is 1590. The molecule has 0 atom stereocenters. The third-order valence-corrected chi connectivity index (χ3v) is 8.36. The van der Waals surface area contributed by atoms with Crippen molar-refractivity contribution in [1.82, 2.24) is 9.29 Å². The summed E-state index contributed by atoms with van der Waals surface area (Å²) < 4.78 is 38.0. The van der Waals surface area contributed by atoms with Crippen LogP contribution in [0.1, 0.15) is 15.9 Å². The second-order valence-corrected chi connectivity index (χ2v) is 10.8. The van der Waals surface area contributed by atoms with Gasteiger partial charge in [0.15, 0.2) is 5.13 Å². The van der Waals surface area contributed by atoms with Crippen molar-refractivity contribution in [3.63, 3.8) is 0 Å². The summed E-state index contributed by atoms with van der Waals surface area (Å²) in [6.07, 6.45) is 0. The molecule has 5 rings (SSSR count). The molecule has 0 unspecified atom stereocenters. The smallest absolute Gasteiger partial charge is 0.345 e. The lowest BCUT2D eigenvalue weighted by Crippen LogP contribution is -2.40. The zero-order valence-corrected chi connectivity index (χ0v) is 20.3. The number of nitrogens with zero attached hydrogens (tertiary/aromatic N) is 2. The van der Waals surface area contributed by atoms with Crippen LogP contribution in [0.3, 0.4) is 0 Å². The number of para-hydroxylation sites is 1. The van der Waals surface area contributed by atoms with E-state index in [1.807, 2.05) is 12.1 Å². The fourth-order valence-electron chi connectivity index (χ4n) is 3.80. The molecule has 1 saturated heterocycles. The maximum absolute atomic E-state index is 13.0. The van der Waals surface area contributed by atoms with Crippen LogP contribution in [-0.2, 0) is 14.8 Å². The average Bonchev–Trinajstić information content (AvgIpc) is 3.32. The largest absolute Gasteiger partial charge is 0.422 e. The molecule has 180 valence electrons. The number of nitrogens with one attached hydrogen (secondary N) is 1. The molecular weight excluding hydrogens is 490 g/mol. The number of fused-ring (bicyclic) bond motifs is 1. The standard InChI is InChI=1S/C24H21N3O6S2/c1-15-6-7-17(35(30,31)27-8-10-32-11-9-27)13-18(15)22(28)26-24-25-20(14-34-24)19-12-16-4-2-3-5-21(16)33-23(19)29/h2-7,12-14H,8-11H2,1H3,(H,25,26,28). The van der Waals surface area contributed by atoms with Gasteiger partial charge in [-0.2, -0.15) is 4.31 Å². The van der Waals surface area contributed by atoms with Crippen LogP contribution in [0.15, 0.2) is 68.0 Å². The maximum atomic E-state index is 13.0. The highest BCUT2D eigenvalue weighted by Gasteiger charge is 2.27. The Morgan fingerprint density at radius 3 is 2.69 bits per heavy atom. The second kappa shape index (κ2) is 9.34. The molecule has 9 nitrogen and oxygen atoms in total. The normalized spacial score (nSPS) is 14.8. The van der Waals surface area contributed by atoms with Crippen molar-refractivity contribution in [2.45, 2.75) is 11.8 Å². The molecular formula is C24H21N3O6S2. The van der Waals surface area contributed by atoms with Crippen LogP contribution in [0.5, 0.6) is 0 Å². The number of carbonyl (C=O) groups excluding carboxylic acids is 1. The Balaban J connectivity index is 1.40. The third kappa shape index (κ3) is 4.63. The topological polar surface area (TPSA) is 119 Å². The van der Waals surface area contributed by atoms with E-state index in [0.717, 1.165) is 16.7 Å². The second-order valence-electron chi connectivity index (χ2n) is 7.97. The van der Waals surface area contributed by atoms with Gasteiger partial charge in [0.05, 0.1) is 29.4 Å². The summed E-state index contributed by atoms with van der Waals surface area (Å²) in [7, 11) is -3.75. The zero-order chi connectivity index (χ0) is 24.6. The van der Waals surface area contributed by atoms with Gasteiger partial charge in [0, 0.05) is 29.4 Å². The molecule has 1 aliphatic rings. The van der Waals surface area contributed by atoms with Crippen molar-refractivity contribution in [2.24, 2.45) is 0 Å². The molecule has 1 N–H and O–H groups in total. The Morgan fingerprint density at radius 2 is 1.89 bits per heavy atom. The van der Waals surface area contributed by atoms with E-state index >= 15 is 0 Å². The molecule has 3 heterocycles. The number of sulfonamides is 1. The quantitative estimate of drug-likeness (QED) is 0.407. The van der Waals surface area contributed by atoms with Gasteiger partial charge in [-0.1, -0.05) is 24.3 Å². The van der Waals surface area contributed by atoms with Crippen LogP contribution in [-0.4, -0.2) is 49.9 Å². The number of thiazole rings is 1. The number of morpholine rings is 1. The molecule has 2 aromatic heterocycles. The number of amides is 1. The van der Waals surface area contributed by atoms with Gasteiger partial charge in [0.25, 0.3) is 5.91 Å². The van der Waals surface area contributed by atoms with E-state index in [1.165, 1.54) is 16.4 Å². The van der Waals surface area contributed by atoms with Gasteiger partial charge < -0.3 is 9.15 Å². The summed E-state index contributed by atoms with van der Waals surface area (Å²) in [4.78, 5) is 29.9. The molecule has 11 heteroatoms. The monoisotopic (exact) mass is 511 g/mol. The van der Waals surface area contributed by atoms with Gasteiger partial charge in [-0.3, -0.25) is 10.1 Å². The first-order valence-corrected chi connectivity index (χ1v) is 13.1. The highest BCUT2D eigenvalue weighted by atomic mass is 32.2. The Hall–Kier alpha value is -3.38. The van der Waals surface area contributed by atoms with E-state index in [4.69, 9.17) is 9.15 Å². The zero-order valence-electron chi connectivity index (χ0n) is 18.7. The summed E-state index contributed by atoms with van der Waals surface area (Å²) in [6.45, 7) is 2.93. The molecule has 1 fully saturated rings. The number of rotatable bonds is 5. The van der Waals surface area contributed by atoms with Crippen LogP contribution < -0.4 is 10.9 Å². The summed E-state index contributed by atoms with van der Waals surface area (Å²) in [6, 6.07) is 13.3. The number of ether oxygens (including phenoxy) is 1. The molecule has 1 aliphatic heterocycles. The number of anilines is 1. The van der Waals surface area contributed by atoms with Gasteiger partial charge >= 0.3 is 5.63 Å². The molecule has 0 radical (unpaired) electrons. The lowest BCUT2D eigenvalue weighted by atomic mass is 10.1. The van der Waals surface area contributed by atoms with E-state index in [-0.39, 0.29) is 34.2 Å². The van der Waals surface area contributed by atoms with Crippen molar-refractivity contribution < 1.29 is 22.4 Å². The molecule has 4 aromatic rings. The van der Waals surface area contributed by atoms with Crippen molar-refractivity contribution in [1.29, 1.82) is 0 Å². The van der Waals surface area contributed by atoms with Gasteiger partial charge in [-0.05, 0) is 36.8 Å². The Kier molecular flexibility index (Phi) is 6.24. The van der Waals surface area contributed by atoms with Crippen molar-refractivity contribution in [2.75, 3.05) is 31.6 Å². The average molecular weight is 512 g/mol. The lowest BCUT2D eigenvalue weighted by molar-refractivity contribution is 0.0730. The van der Waals surface area contributed by atoms with Crippen LogP contribution in [0, 0.1) is 6.92 Å². The first-order valence-electron chi connectivity index (χ1n) is 10.8. The summed E-state index contributed by atoms with van der Waals surface area (Å²) >= 11 is 1.16. The van der Waals surface area contributed by atoms with Crippen molar-refractivity contribution >= 4 is 43.4 Å². The highest BCUT2D eigenvalue weighted by Crippen LogP contribution is 2.27. The van der Waals surface area contributed by atoms with Gasteiger partial charge in [-0.15, -0.1) is 11.3 Å². The number of aromatic nitrogens is 1. The minimum atomic E-state index is -3.75. The Labute approximate surface area is 205 Å². The van der Waals surface area contributed by atoms with Crippen LogP contribution in [0.4, 0.5) is 5.13 Å². The first kappa shape index (κ1) is 23.4. The van der Waals surface area contributed by atoms with E-state index in [9.17, 15) is 18.0 Å². The minimum absolute atomic E-state index is 0.0451. The van der Waals surface area contributed by atoms with Gasteiger partial charge in [0.1, 0.15) is 5.58 Å². The predicted molar refractivity (Wildman–Crippen MR) is 132 cm³/mol. The molecule has 0 saturated carbocycles. The first-order chi connectivity index (χ1) is 16.8. The number of benzene rings is 2. The Morgan fingerprint density at radius 1 is 1.11 bits per heavy atom. The van der Waals surface area contributed by atoms with E-state index < -0.39 is 21.6 Å². The van der Waals surface area contributed by atoms with Crippen molar-refractivity contribution in [3.05, 3.63) is 75.5 Å². The SMILES string of the molecule is Cc1ccc(S(=O)(=O)N2CCOCC2)cc1C(=O)Nc1nc(-c2cc3ccccc3oc2=O)cs1. The molecule has 0 aliphatic carbocycles. The molecule has 0 bridgehead atoms. The number of hydrogen-bond acceptors (Lipinski definition) is 8. The number of aryl methyl sites for hydroxylation is 1. The van der Waals surface area contributed by atoms with Crippen LogP contribution >= 0.6 is 11.3 Å². The molecule has 0 spiro atoms. The molecule has 2 aromatic carbocycles. The van der Waals surface area contributed by atoms with Gasteiger partial charge in [-0.25, -0.2) is 18.2 Å². The number of hydrogen-bond donors (Lipinski definition) is 1. The maximum Gasteiger partial charge on any atom is 0.345 e. The van der Waals surface area contributed by atoms with Crippen molar-refractivity contribution in [3.8, 4) is 11.3 Å². The number of carbonyl (C=O) groups is 1. The molecule has 1 amide bonds. The van der Waals surface area contributed by atoms with E-state index in [2.05, 4.69) is 10.3 Å². The molecule has 35 heavy (non-hydrogen) atoms. The lowest BCUT2D eigenvalue weighted by Gasteiger charge is -2.26. The van der Waals surface area contributed by atoms with Crippen LogP contribution in [0.25, 0.3) is 22.2 Å². The van der Waals surface area contributed by atoms with E-state index in [0.29, 0.717) is 30.1 Å². The predicted octanol–water partition coefficient (Wildman–Crippen LogP) is 3.50. The minimum Gasteiger partial charge on any atom is -0.422 e. The summed E-state index contributed by atoms with van der Waals surface area (Å²) in [5, 5.41) is 5.40.